The molecule has 1 aromatic carbocycles. The normalized spacial score (nSPS) is 10.5. The molecule has 0 aromatic heterocycles. The number of carbonyl (C=O) groups is 1. The number of methoxy groups -OCH3 is 1. The fourth-order valence-corrected chi connectivity index (χ4v) is 1.10. The van der Waals surface area contributed by atoms with E-state index in [2.05, 4.69) is 0 Å². The summed E-state index contributed by atoms with van der Waals surface area (Å²) in [5.41, 5.74) is 2.12. The maximum absolute atomic E-state index is 10.1. The van der Waals surface area contributed by atoms with Gasteiger partial charge in [0.05, 0.1) is 6.61 Å². The van der Waals surface area contributed by atoms with Crippen LogP contribution in [0.5, 0.6) is 0 Å². The highest BCUT2D eigenvalue weighted by molar-refractivity contribution is 5.73. The van der Waals surface area contributed by atoms with Gasteiger partial charge in [-0.2, -0.15) is 0 Å². The van der Waals surface area contributed by atoms with Crippen LogP contribution in [0.2, 0.25) is 0 Å². The molecule has 0 atom stereocenters. The van der Waals surface area contributed by atoms with Gasteiger partial charge in [0.15, 0.2) is 0 Å². The van der Waals surface area contributed by atoms with Gasteiger partial charge in [-0.05, 0) is 23.3 Å². The molecule has 0 amide bonds. The SMILES string of the molecule is COCc1cccc(C=CC=O)c1. The zero-order chi connectivity index (χ0) is 9.52. The Hall–Kier alpha value is -1.41. The third kappa shape index (κ3) is 3.22. The molecule has 0 aliphatic heterocycles. The number of aldehydes is 1. The van der Waals surface area contributed by atoms with Crippen molar-refractivity contribution in [1.29, 1.82) is 0 Å². The van der Waals surface area contributed by atoms with E-state index < -0.39 is 0 Å². The number of benzene rings is 1. The van der Waals surface area contributed by atoms with Crippen molar-refractivity contribution in [2.75, 3.05) is 7.11 Å². The molecule has 2 nitrogen and oxygen atoms in total. The van der Waals surface area contributed by atoms with Gasteiger partial charge >= 0.3 is 0 Å². The minimum Gasteiger partial charge on any atom is -0.380 e. The number of allylic oxidation sites excluding steroid dienone is 1. The Kier molecular flexibility index (Phi) is 3.93. The molecule has 68 valence electrons. The molecule has 13 heavy (non-hydrogen) atoms. The van der Waals surface area contributed by atoms with E-state index in [4.69, 9.17) is 4.74 Å². The van der Waals surface area contributed by atoms with Crippen molar-refractivity contribution in [2.45, 2.75) is 6.61 Å². The third-order valence-corrected chi connectivity index (χ3v) is 1.63. The summed E-state index contributed by atoms with van der Waals surface area (Å²) in [4.78, 5) is 10.1. The van der Waals surface area contributed by atoms with Gasteiger partial charge in [-0.1, -0.05) is 24.3 Å². The fourth-order valence-electron chi connectivity index (χ4n) is 1.10. The highest BCUT2D eigenvalue weighted by Crippen LogP contribution is 2.07. The standard InChI is InChI=1S/C11H12O2/c1-13-9-11-5-2-4-10(8-11)6-3-7-12/h2-8H,9H2,1H3. The zero-order valence-electron chi connectivity index (χ0n) is 7.57. The molecule has 0 heterocycles. The Labute approximate surface area is 77.8 Å². The van der Waals surface area contributed by atoms with Crippen molar-refractivity contribution in [1.82, 2.24) is 0 Å². The molecule has 2 heteroatoms. The summed E-state index contributed by atoms with van der Waals surface area (Å²) in [6.45, 7) is 0.600. The van der Waals surface area contributed by atoms with E-state index in [0.29, 0.717) is 6.61 Å². The Morgan fingerprint density at radius 3 is 3.00 bits per heavy atom. The molecule has 0 aliphatic carbocycles. The Bertz CT molecular complexity index is 303. The van der Waals surface area contributed by atoms with Gasteiger partial charge in [-0.25, -0.2) is 0 Å². The van der Waals surface area contributed by atoms with Gasteiger partial charge in [0.2, 0.25) is 0 Å². The van der Waals surface area contributed by atoms with E-state index >= 15 is 0 Å². The minimum absolute atomic E-state index is 0.600. The number of rotatable bonds is 4. The molecule has 1 rings (SSSR count). The third-order valence-electron chi connectivity index (χ3n) is 1.63. The molecule has 0 unspecified atom stereocenters. The number of hydrogen-bond donors (Lipinski definition) is 0. The largest absolute Gasteiger partial charge is 0.380 e. The summed E-state index contributed by atoms with van der Waals surface area (Å²) in [6.07, 6.45) is 4.01. The second-order valence-electron chi connectivity index (χ2n) is 2.67. The first-order valence-electron chi connectivity index (χ1n) is 4.06. The van der Waals surface area contributed by atoms with Crippen LogP contribution in [0.25, 0.3) is 6.08 Å². The van der Waals surface area contributed by atoms with E-state index in [1.165, 1.54) is 6.08 Å². The molecule has 0 fully saturated rings. The Morgan fingerprint density at radius 1 is 1.46 bits per heavy atom. The number of ether oxygens (including phenoxy) is 1. The second-order valence-corrected chi connectivity index (χ2v) is 2.67. The molecule has 0 saturated carbocycles. The highest BCUT2D eigenvalue weighted by atomic mass is 16.5. The predicted molar refractivity (Wildman–Crippen MR) is 52.3 cm³/mol. The van der Waals surface area contributed by atoms with Crippen LogP contribution >= 0.6 is 0 Å². The van der Waals surface area contributed by atoms with Gasteiger partial charge in [-0.3, -0.25) is 4.79 Å². The monoisotopic (exact) mass is 176 g/mol. The van der Waals surface area contributed by atoms with Crippen LogP contribution in [-0.2, 0) is 16.1 Å². The first-order chi connectivity index (χ1) is 6.36. The lowest BCUT2D eigenvalue weighted by molar-refractivity contribution is -0.104. The lowest BCUT2D eigenvalue weighted by atomic mass is 10.1. The van der Waals surface area contributed by atoms with Gasteiger partial charge < -0.3 is 4.74 Å². The summed E-state index contributed by atoms with van der Waals surface area (Å²) in [6, 6.07) is 7.86. The first kappa shape index (κ1) is 9.68. The van der Waals surface area contributed by atoms with Crippen LogP contribution in [0.4, 0.5) is 0 Å². The predicted octanol–water partition coefficient (Wildman–Crippen LogP) is 2.05. The van der Waals surface area contributed by atoms with Crippen LogP contribution in [-0.4, -0.2) is 13.4 Å². The summed E-state index contributed by atoms with van der Waals surface area (Å²) in [5, 5.41) is 0. The van der Waals surface area contributed by atoms with Gasteiger partial charge in [0.1, 0.15) is 6.29 Å². The zero-order valence-corrected chi connectivity index (χ0v) is 7.57. The summed E-state index contributed by atoms with van der Waals surface area (Å²) in [7, 11) is 1.66. The van der Waals surface area contributed by atoms with Crippen LogP contribution in [0, 0.1) is 0 Å². The highest BCUT2D eigenvalue weighted by Gasteiger charge is 1.91. The Morgan fingerprint density at radius 2 is 2.31 bits per heavy atom. The van der Waals surface area contributed by atoms with E-state index in [1.807, 2.05) is 24.3 Å². The molecule has 0 spiro atoms. The summed E-state index contributed by atoms with van der Waals surface area (Å²) in [5.74, 6) is 0. The molecular weight excluding hydrogens is 164 g/mol. The van der Waals surface area contributed by atoms with E-state index in [1.54, 1.807) is 13.2 Å². The average molecular weight is 176 g/mol. The summed E-state index contributed by atoms with van der Waals surface area (Å²) >= 11 is 0. The Balaban J connectivity index is 2.78. The minimum atomic E-state index is 0.600. The molecule has 1 aromatic rings. The number of hydrogen-bond acceptors (Lipinski definition) is 2. The fraction of sp³-hybridized carbons (Fsp3) is 0.182. The van der Waals surface area contributed by atoms with Crippen molar-refractivity contribution in [3.05, 3.63) is 41.5 Å². The van der Waals surface area contributed by atoms with E-state index in [9.17, 15) is 4.79 Å². The number of carbonyl (C=O) groups excluding carboxylic acids is 1. The topological polar surface area (TPSA) is 26.3 Å². The van der Waals surface area contributed by atoms with Crippen molar-refractivity contribution in [3.63, 3.8) is 0 Å². The van der Waals surface area contributed by atoms with E-state index in [0.717, 1.165) is 17.4 Å². The van der Waals surface area contributed by atoms with Crippen LogP contribution in [0.3, 0.4) is 0 Å². The van der Waals surface area contributed by atoms with Gasteiger partial charge in [0, 0.05) is 7.11 Å². The van der Waals surface area contributed by atoms with Crippen molar-refractivity contribution in [3.8, 4) is 0 Å². The molecule has 0 radical (unpaired) electrons. The lowest BCUT2D eigenvalue weighted by Gasteiger charge is -1.99. The molecular formula is C11H12O2. The smallest absolute Gasteiger partial charge is 0.142 e. The van der Waals surface area contributed by atoms with Crippen molar-refractivity contribution in [2.24, 2.45) is 0 Å². The lowest BCUT2D eigenvalue weighted by Crippen LogP contribution is -1.87. The van der Waals surface area contributed by atoms with Crippen molar-refractivity contribution >= 4 is 12.4 Å². The van der Waals surface area contributed by atoms with Crippen molar-refractivity contribution < 1.29 is 9.53 Å². The maximum atomic E-state index is 10.1. The molecule has 0 N–H and O–H groups in total. The maximum Gasteiger partial charge on any atom is 0.142 e. The van der Waals surface area contributed by atoms with E-state index in [-0.39, 0.29) is 0 Å². The van der Waals surface area contributed by atoms with Gasteiger partial charge in [-0.15, -0.1) is 0 Å². The van der Waals surface area contributed by atoms with Gasteiger partial charge in [0.25, 0.3) is 0 Å². The molecule has 0 bridgehead atoms. The quantitative estimate of drug-likeness (QED) is 0.518. The average Bonchev–Trinajstić information content (AvgIpc) is 2.16. The van der Waals surface area contributed by atoms with Crippen LogP contribution in [0.1, 0.15) is 11.1 Å². The first-order valence-corrected chi connectivity index (χ1v) is 4.06. The molecule has 0 aliphatic rings. The van der Waals surface area contributed by atoms with Crippen LogP contribution < -0.4 is 0 Å². The van der Waals surface area contributed by atoms with Crippen LogP contribution in [0.15, 0.2) is 30.3 Å². The molecule has 0 saturated heterocycles. The summed E-state index contributed by atoms with van der Waals surface area (Å²) < 4.78 is 4.99. The second kappa shape index (κ2) is 5.27.